The third-order valence-electron chi connectivity index (χ3n) is 1.66. The Bertz CT molecular complexity index is 149. The van der Waals surface area contributed by atoms with Gasteiger partial charge in [0.05, 0.1) is 0 Å². The molecule has 1 aliphatic rings. The fraction of sp³-hybridized carbons (Fsp3) is 0.500. The van der Waals surface area contributed by atoms with Gasteiger partial charge in [-0.3, -0.25) is 0 Å². The van der Waals surface area contributed by atoms with Gasteiger partial charge in [-0.05, 0) is 19.3 Å². The summed E-state index contributed by atoms with van der Waals surface area (Å²) in [6.07, 6.45) is 9.63. The molecule has 0 radical (unpaired) electrons. The zero-order chi connectivity index (χ0) is 7.23. The van der Waals surface area contributed by atoms with Crippen molar-refractivity contribution in [2.24, 2.45) is 0 Å². The molecule has 0 spiro atoms. The van der Waals surface area contributed by atoms with Gasteiger partial charge in [0.25, 0.3) is 0 Å². The molecule has 0 heterocycles. The van der Waals surface area contributed by atoms with Crippen LogP contribution in [-0.2, 0) is 0 Å². The summed E-state index contributed by atoms with van der Waals surface area (Å²) in [5.74, 6) is 0. The fourth-order valence-corrected chi connectivity index (χ4v) is 1.08. The molecule has 10 heavy (non-hydrogen) atoms. The third kappa shape index (κ3) is 2.33. The van der Waals surface area contributed by atoms with Crippen molar-refractivity contribution in [3.63, 3.8) is 0 Å². The molecule has 2 N–H and O–H groups in total. The lowest BCUT2D eigenvalue weighted by molar-refractivity contribution is 0.168. The van der Waals surface area contributed by atoms with Gasteiger partial charge in [0.1, 0.15) is 0 Å². The SMILES string of the molecule is ONCCC1=CC=CCC1. The largest absolute Gasteiger partial charge is 0.317 e. The number of rotatable bonds is 3. The van der Waals surface area contributed by atoms with Crippen LogP contribution in [0.15, 0.2) is 23.8 Å². The number of hydroxylamine groups is 1. The monoisotopic (exact) mass is 139 g/mol. The summed E-state index contributed by atoms with van der Waals surface area (Å²) < 4.78 is 0. The molecule has 2 nitrogen and oxygen atoms in total. The van der Waals surface area contributed by atoms with Crippen LogP contribution in [0.25, 0.3) is 0 Å². The molecular formula is C8H13NO. The van der Waals surface area contributed by atoms with Gasteiger partial charge < -0.3 is 5.21 Å². The average molecular weight is 139 g/mol. The predicted octanol–water partition coefficient (Wildman–Crippen LogP) is 1.63. The highest BCUT2D eigenvalue weighted by Gasteiger charge is 1.97. The van der Waals surface area contributed by atoms with Gasteiger partial charge in [0, 0.05) is 6.54 Å². The Labute approximate surface area is 61.2 Å². The minimum Gasteiger partial charge on any atom is -0.317 e. The first kappa shape index (κ1) is 7.51. The van der Waals surface area contributed by atoms with Crippen molar-refractivity contribution in [1.82, 2.24) is 5.48 Å². The van der Waals surface area contributed by atoms with Crippen LogP contribution in [-0.4, -0.2) is 11.8 Å². The zero-order valence-electron chi connectivity index (χ0n) is 6.01. The van der Waals surface area contributed by atoms with Crippen LogP contribution in [0, 0.1) is 0 Å². The summed E-state index contributed by atoms with van der Waals surface area (Å²) in [5.41, 5.74) is 3.57. The molecule has 1 aliphatic carbocycles. The van der Waals surface area contributed by atoms with Gasteiger partial charge in [0.2, 0.25) is 0 Å². The Morgan fingerprint density at radius 2 is 2.50 bits per heavy atom. The standard InChI is InChI=1S/C8H13NO/c10-9-7-6-8-4-2-1-3-5-8/h1-2,4,9-10H,3,5-7H2. The number of nitrogens with one attached hydrogen (secondary N) is 1. The molecule has 0 saturated heterocycles. The summed E-state index contributed by atoms with van der Waals surface area (Å²) in [6, 6.07) is 0. The van der Waals surface area contributed by atoms with Crippen LogP contribution in [0.3, 0.4) is 0 Å². The average Bonchev–Trinajstić information content (AvgIpc) is 2.03. The van der Waals surface area contributed by atoms with Gasteiger partial charge in [-0.15, -0.1) is 0 Å². The smallest absolute Gasteiger partial charge is 0.0244 e. The number of hydrogen-bond acceptors (Lipinski definition) is 2. The Hall–Kier alpha value is -0.600. The summed E-state index contributed by atoms with van der Waals surface area (Å²) in [7, 11) is 0. The highest BCUT2D eigenvalue weighted by atomic mass is 16.5. The lowest BCUT2D eigenvalue weighted by Crippen LogP contribution is -2.09. The summed E-state index contributed by atoms with van der Waals surface area (Å²) in [6.45, 7) is 0.666. The van der Waals surface area contributed by atoms with Crippen molar-refractivity contribution in [3.8, 4) is 0 Å². The van der Waals surface area contributed by atoms with Gasteiger partial charge in [-0.25, -0.2) is 5.48 Å². The Balaban J connectivity index is 2.25. The molecule has 0 atom stereocenters. The van der Waals surface area contributed by atoms with E-state index >= 15 is 0 Å². The fourth-order valence-electron chi connectivity index (χ4n) is 1.08. The van der Waals surface area contributed by atoms with Gasteiger partial charge in [-0.1, -0.05) is 23.8 Å². The first-order valence-corrected chi connectivity index (χ1v) is 3.65. The first-order chi connectivity index (χ1) is 4.93. The maximum Gasteiger partial charge on any atom is 0.0244 e. The highest BCUT2D eigenvalue weighted by Crippen LogP contribution is 2.13. The number of hydrogen-bond donors (Lipinski definition) is 2. The molecule has 2 heteroatoms. The van der Waals surface area contributed by atoms with Crippen LogP contribution < -0.4 is 5.48 Å². The molecule has 0 amide bonds. The minimum atomic E-state index is 0.666. The molecule has 0 bridgehead atoms. The Morgan fingerprint density at radius 3 is 3.10 bits per heavy atom. The molecule has 0 unspecified atom stereocenters. The first-order valence-electron chi connectivity index (χ1n) is 3.65. The predicted molar refractivity (Wildman–Crippen MR) is 40.9 cm³/mol. The van der Waals surface area contributed by atoms with E-state index in [1.165, 1.54) is 5.57 Å². The van der Waals surface area contributed by atoms with Crippen LogP contribution in [0.4, 0.5) is 0 Å². The summed E-state index contributed by atoms with van der Waals surface area (Å²) >= 11 is 0. The van der Waals surface area contributed by atoms with E-state index in [4.69, 9.17) is 5.21 Å². The van der Waals surface area contributed by atoms with Crippen molar-refractivity contribution in [2.75, 3.05) is 6.54 Å². The third-order valence-corrected chi connectivity index (χ3v) is 1.66. The van der Waals surface area contributed by atoms with Crippen molar-refractivity contribution in [3.05, 3.63) is 23.8 Å². The van der Waals surface area contributed by atoms with Crippen molar-refractivity contribution in [2.45, 2.75) is 19.3 Å². The van der Waals surface area contributed by atoms with Crippen molar-refractivity contribution in [1.29, 1.82) is 0 Å². The minimum absolute atomic E-state index is 0.666. The van der Waals surface area contributed by atoms with Gasteiger partial charge >= 0.3 is 0 Å². The number of allylic oxidation sites excluding steroid dienone is 3. The Morgan fingerprint density at radius 1 is 1.60 bits per heavy atom. The van der Waals surface area contributed by atoms with Crippen LogP contribution >= 0.6 is 0 Å². The molecule has 0 aromatic rings. The molecule has 0 aromatic heterocycles. The summed E-state index contributed by atoms with van der Waals surface area (Å²) in [4.78, 5) is 0. The quantitative estimate of drug-likeness (QED) is 0.582. The van der Waals surface area contributed by atoms with E-state index in [2.05, 4.69) is 23.7 Å². The van der Waals surface area contributed by atoms with Crippen LogP contribution in [0.5, 0.6) is 0 Å². The van der Waals surface area contributed by atoms with E-state index in [0.29, 0.717) is 6.54 Å². The molecule has 1 rings (SSSR count). The molecule has 0 saturated carbocycles. The van der Waals surface area contributed by atoms with Gasteiger partial charge in [-0.2, -0.15) is 0 Å². The van der Waals surface area contributed by atoms with E-state index in [9.17, 15) is 0 Å². The topological polar surface area (TPSA) is 32.3 Å². The van der Waals surface area contributed by atoms with Crippen LogP contribution in [0.1, 0.15) is 19.3 Å². The molecule has 0 aliphatic heterocycles. The lowest BCUT2D eigenvalue weighted by atomic mass is 10.0. The van der Waals surface area contributed by atoms with E-state index in [0.717, 1.165) is 19.3 Å². The lowest BCUT2D eigenvalue weighted by Gasteiger charge is -2.06. The molecular weight excluding hydrogens is 126 g/mol. The molecule has 56 valence electrons. The normalized spacial score (nSPS) is 17.1. The second-order valence-electron chi connectivity index (χ2n) is 2.45. The Kier molecular flexibility index (Phi) is 3.19. The second-order valence-corrected chi connectivity index (χ2v) is 2.45. The molecule has 0 aromatic carbocycles. The van der Waals surface area contributed by atoms with Gasteiger partial charge in [0.15, 0.2) is 0 Å². The maximum absolute atomic E-state index is 8.30. The highest BCUT2D eigenvalue weighted by molar-refractivity contribution is 5.17. The van der Waals surface area contributed by atoms with E-state index < -0.39 is 0 Å². The zero-order valence-corrected chi connectivity index (χ0v) is 6.01. The van der Waals surface area contributed by atoms with Crippen molar-refractivity contribution < 1.29 is 5.21 Å². The van der Waals surface area contributed by atoms with E-state index in [-0.39, 0.29) is 0 Å². The van der Waals surface area contributed by atoms with Crippen molar-refractivity contribution >= 4 is 0 Å². The summed E-state index contributed by atoms with van der Waals surface area (Å²) in [5, 5.41) is 8.30. The molecule has 0 fully saturated rings. The van der Waals surface area contributed by atoms with Crippen LogP contribution in [0.2, 0.25) is 0 Å². The second kappa shape index (κ2) is 4.25. The maximum atomic E-state index is 8.30. The van der Waals surface area contributed by atoms with E-state index in [1.54, 1.807) is 0 Å². The van der Waals surface area contributed by atoms with E-state index in [1.807, 2.05) is 0 Å².